The SMILES string of the molecule is COC[C@H]1CN(c2ccc(OCC[C@H](O)C(F)(F)F)cc2)C(=O)O1. The zero-order chi connectivity index (χ0) is 17.7. The maximum Gasteiger partial charge on any atom is 0.414 e. The largest absolute Gasteiger partial charge is 0.493 e. The van der Waals surface area contributed by atoms with E-state index >= 15 is 0 Å². The molecule has 9 heteroatoms. The number of carbonyl (C=O) groups is 1. The fourth-order valence-electron chi connectivity index (χ4n) is 2.18. The topological polar surface area (TPSA) is 68.2 Å². The normalized spacial score (nSPS) is 19.3. The van der Waals surface area contributed by atoms with Gasteiger partial charge in [0.2, 0.25) is 0 Å². The number of cyclic esters (lactones) is 1. The zero-order valence-electron chi connectivity index (χ0n) is 13.0. The molecule has 1 aliphatic heterocycles. The third-order valence-electron chi connectivity index (χ3n) is 3.41. The minimum Gasteiger partial charge on any atom is -0.493 e. The Morgan fingerprint density at radius 3 is 2.62 bits per heavy atom. The third kappa shape index (κ3) is 4.75. The van der Waals surface area contributed by atoms with Crippen molar-refractivity contribution in [2.45, 2.75) is 24.8 Å². The molecule has 0 aliphatic carbocycles. The summed E-state index contributed by atoms with van der Waals surface area (Å²) >= 11 is 0. The molecule has 6 nitrogen and oxygen atoms in total. The van der Waals surface area contributed by atoms with Crippen LogP contribution in [-0.2, 0) is 9.47 Å². The van der Waals surface area contributed by atoms with Gasteiger partial charge in [-0.05, 0) is 24.3 Å². The number of rotatable bonds is 7. The smallest absolute Gasteiger partial charge is 0.414 e. The van der Waals surface area contributed by atoms with E-state index in [-0.39, 0.29) is 12.7 Å². The second kappa shape index (κ2) is 7.71. The Balaban J connectivity index is 1.86. The molecule has 0 saturated carbocycles. The summed E-state index contributed by atoms with van der Waals surface area (Å²) in [6, 6.07) is 6.27. The first-order valence-electron chi connectivity index (χ1n) is 7.26. The summed E-state index contributed by atoms with van der Waals surface area (Å²) in [6.07, 6.45) is -8.44. The quantitative estimate of drug-likeness (QED) is 0.818. The van der Waals surface area contributed by atoms with Crippen LogP contribution in [0.3, 0.4) is 0 Å². The van der Waals surface area contributed by atoms with Crippen LogP contribution in [0, 0.1) is 0 Å². The molecule has 0 aromatic heterocycles. The van der Waals surface area contributed by atoms with Crippen molar-refractivity contribution in [1.82, 2.24) is 0 Å². The summed E-state index contributed by atoms with van der Waals surface area (Å²) in [6.45, 7) is 0.372. The van der Waals surface area contributed by atoms with E-state index in [1.807, 2.05) is 0 Å². The summed E-state index contributed by atoms with van der Waals surface area (Å²) in [5, 5.41) is 8.88. The number of nitrogens with zero attached hydrogens (tertiary/aromatic N) is 1. The van der Waals surface area contributed by atoms with Gasteiger partial charge in [0.15, 0.2) is 6.10 Å². The Morgan fingerprint density at radius 1 is 1.38 bits per heavy atom. The number of carbonyl (C=O) groups excluding carboxylic acids is 1. The van der Waals surface area contributed by atoms with Crippen LogP contribution in [0.2, 0.25) is 0 Å². The standard InChI is InChI=1S/C15H18F3NO5/c1-22-9-12-8-19(14(21)24-12)10-2-4-11(5-3-10)23-7-6-13(20)15(16,17)18/h2-5,12-13,20H,6-9H2,1H3/t12-,13+/m1/s1. The second-order valence-corrected chi connectivity index (χ2v) is 5.26. The van der Waals surface area contributed by atoms with Gasteiger partial charge in [0.1, 0.15) is 11.9 Å². The average Bonchev–Trinajstić information content (AvgIpc) is 2.88. The fourth-order valence-corrected chi connectivity index (χ4v) is 2.18. The van der Waals surface area contributed by atoms with Gasteiger partial charge in [-0.2, -0.15) is 13.2 Å². The van der Waals surface area contributed by atoms with Gasteiger partial charge in [-0.1, -0.05) is 0 Å². The number of halogens is 3. The molecule has 1 amide bonds. The van der Waals surface area contributed by atoms with Crippen molar-refractivity contribution in [2.75, 3.05) is 31.8 Å². The lowest BCUT2D eigenvalue weighted by Gasteiger charge is -2.16. The molecule has 1 aliphatic rings. The second-order valence-electron chi connectivity index (χ2n) is 5.26. The minimum absolute atomic E-state index is 0.276. The van der Waals surface area contributed by atoms with Crippen LogP contribution in [0.5, 0.6) is 5.75 Å². The molecule has 1 heterocycles. The lowest BCUT2D eigenvalue weighted by atomic mass is 10.2. The minimum atomic E-state index is -4.65. The summed E-state index contributed by atoms with van der Waals surface area (Å²) in [5.41, 5.74) is 0.585. The molecule has 1 N–H and O–H groups in total. The Hall–Kier alpha value is -2.00. The summed E-state index contributed by atoms with van der Waals surface area (Å²) < 4.78 is 51.7. The number of hydrogen-bond donors (Lipinski definition) is 1. The monoisotopic (exact) mass is 349 g/mol. The van der Waals surface area contributed by atoms with Crippen LogP contribution in [0.4, 0.5) is 23.7 Å². The highest BCUT2D eigenvalue weighted by Gasteiger charge is 2.37. The van der Waals surface area contributed by atoms with Crippen LogP contribution in [-0.4, -0.2) is 56.5 Å². The maximum atomic E-state index is 12.2. The van der Waals surface area contributed by atoms with Crippen molar-refractivity contribution in [1.29, 1.82) is 0 Å². The lowest BCUT2D eigenvalue weighted by molar-refractivity contribution is -0.206. The molecule has 0 spiro atoms. The molecule has 1 aromatic rings. The van der Waals surface area contributed by atoms with E-state index in [1.165, 1.54) is 24.1 Å². The predicted molar refractivity (Wildman–Crippen MR) is 78.1 cm³/mol. The van der Waals surface area contributed by atoms with Crippen LogP contribution in [0.15, 0.2) is 24.3 Å². The zero-order valence-corrected chi connectivity index (χ0v) is 13.0. The Bertz CT molecular complexity index is 549. The molecular formula is C15H18F3NO5. The van der Waals surface area contributed by atoms with E-state index in [9.17, 15) is 18.0 Å². The van der Waals surface area contributed by atoms with Gasteiger partial charge in [-0.15, -0.1) is 0 Å². The number of alkyl halides is 3. The number of benzene rings is 1. The van der Waals surface area contributed by atoms with Gasteiger partial charge in [0.05, 0.1) is 19.8 Å². The van der Waals surface area contributed by atoms with Crippen molar-refractivity contribution in [3.05, 3.63) is 24.3 Å². The van der Waals surface area contributed by atoms with Gasteiger partial charge in [0.25, 0.3) is 0 Å². The number of hydrogen-bond acceptors (Lipinski definition) is 5. The first-order chi connectivity index (χ1) is 11.3. The summed E-state index contributed by atoms with van der Waals surface area (Å²) in [5.74, 6) is 0.342. The van der Waals surface area contributed by atoms with Gasteiger partial charge < -0.3 is 19.3 Å². The van der Waals surface area contributed by atoms with Crippen LogP contribution in [0.25, 0.3) is 0 Å². The number of anilines is 1. The Labute approximate surface area is 136 Å². The van der Waals surface area contributed by atoms with Crippen molar-refractivity contribution >= 4 is 11.8 Å². The molecule has 1 aromatic carbocycles. The van der Waals surface area contributed by atoms with Gasteiger partial charge >= 0.3 is 12.3 Å². The Morgan fingerprint density at radius 2 is 2.04 bits per heavy atom. The van der Waals surface area contributed by atoms with Gasteiger partial charge in [0, 0.05) is 19.2 Å². The van der Waals surface area contributed by atoms with E-state index in [2.05, 4.69) is 0 Å². The molecule has 2 atom stereocenters. The highest BCUT2D eigenvalue weighted by molar-refractivity contribution is 5.89. The molecule has 2 rings (SSSR count). The van der Waals surface area contributed by atoms with Gasteiger partial charge in [-0.25, -0.2) is 4.79 Å². The molecule has 0 radical (unpaired) electrons. The number of aliphatic hydroxyl groups excluding tert-OH is 1. The van der Waals surface area contributed by atoms with E-state index in [1.54, 1.807) is 12.1 Å². The highest BCUT2D eigenvalue weighted by atomic mass is 19.4. The highest BCUT2D eigenvalue weighted by Crippen LogP contribution is 2.25. The molecule has 1 fully saturated rings. The van der Waals surface area contributed by atoms with E-state index in [0.717, 1.165) is 0 Å². The molecule has 24 heavy (non-hydrogen) atoms. The Kier molecular flexibility index (Phi) is 5.89. The van der Waals surface area contributed by atoms with Crippen molar-refractivity contribution in [2.24, 2.45) is 0 Å². The molecule has 134 valence electrons. The first kappa shape index (κ1) is 18.3. The predicted octanol–water partition coefficient (Wildman–Crippen LogP) is 2.35. The van der Waals surface area contributed by atoms with Crippen molar-refractivity contribution in [3.63, 3.8) is 0 Å². The van der Waals surface area contributed by atoms with Crippen LogP contribution < -0.4 is 9.64 Å². The molecule has 1 saturated heterocycles. The number of methoxy groups -OCH3 is 1. The van der Waals surface area contributed by atoms with Crippen LogP contribution >= 0.6 is 0 Å². The third-order valence-corrected chi connectivity index (χ3v) is 3.41. The number of aliphatic hydroxyl groups is 1. The molecular weight excluding hydrogens is 331 g/mol. The van der Waals surface area contributed by atoms with Crippen molar-refractivity contribution in [3.8, 4) is 5.75 Å². The maximum absolute atomic E-state index is 12.2. The molecule has 0 bridgehead atoms. The average molecular weight is 349 g/mol. The van der Waals surface area contributed by atoms with E-state index < -0.39 is 24.8 Å². The fraction of sp³-hybridized carbons (Fsp3) is 0.533. The molecule has 0 unspecified atom stereocenters. The lowest BCUT2D eigenvalue weighted by Crippen LogP contribution is -2.30. The van der Waals surface area contributed by atoms with Gasteiger partial charge in [-0.3, -0.25) is 4.90 Å². The van der Waals surface area contributed by atoms with Crippen LogP contribution in [0.1, 0.15) is 6.42 Å². The first-order valence-corrected chi connectivity index (χ1v) is 7.26. The van der Waals surface area contributed by atoms with Crippen molar-refractivity contribution < 1.29 is 37.3 Å². The summed E-state index contributed by atoms with van der Waals surface area (Å²) in [4.78, 5) is 13.2. The van der Waals surface area contributed by atoms with E-state index in [0.29, 0.717) is 24.6 Å². The van der Waals surface area contributed by atoms with E-state index in [4.69, 9.17) is 19.3 Å². The summed E-state index contributed by atoms with van der Waals surface area (Å²) in [7, 11) is 1.51. The number of amides is 1. The number of ether oxygens (including phenoxy) is 3.